The molecule has 0 saturated heterocycles. The van der Waals surface area contributed by atoms with Crippen molar-refractivity contribution in [2.45, 2.75) is 38.1 Å². The van der Waals surface area contributed by atoms with Gasteiger partial charge in [-0.15, -0.1) is 0 Å². The molecule has 3 rings (SSSR count). The minimum atomic E-state index is -0.430. The second-order valence-corrected chi connectivity index (χ2v) is 6.20. The average molecular weight is 312 g/mol. The van der Waals surface area contributed by atoms with E-state index in [-0.39, 0.29) is 0 Å². The quantitative estimate of drug-likeness (QED) is 0.805. The Labute approximate surface area is 137 Å². The number of amides is 1. The summed E-state index contributed by atoms with van der Waals surface area (Å²) in [4.78, 5) is 11.5. The summed E-state index contributed by atoms with van der Waals surface area (Å²) in [5.74, 6) is 0.295. The predicted molar refractivity (Wildman–Crippen MR) is 92.8 cm³/mol. The largest absolute Gasteiger partial charge is 0.492 e. The van der Waals surface area contributed by atoms with Gasteiger partial charge in [-0.25, -0.2) is 0 Å². The van der Waals surface area contributed by atoms with E-state index in [9.17, 15) is 4.79 Å². The topological polar surface area (TPSA) is 64.4 Å². The van der Waals surface area contributed by atoms with Crippen LogP contribution in [0, 0.1) is 0 Å². The molecule has 0 bridgehead atoms. The van der Waals surface area contributed by atoms with Crippen molar-refractivity contribution in [1.29, 1.82) is 0 Å². The zero-order valence-electron chi connectivity index (χ0n) is 13.4. The van der Waals surface area contributed by atoms with Crippen molar-refractivity contribution >= 4 is 16.7 Å². The molecule has 3 N–H and O–H groups in total. The fourth-order valence-corrected chi connectivity index (χ4v) is 3.27. The number of primary amides is 1. The van der Waals surface area contributed by atoms with Gasteiger partial charge in [0, 0.05) is 23.5 Å². The summed E-state index contributed by atoms with van der Waals surface area (Å²) in [6.45, 7) is 1.41. The van der Waals surface area contributed by atoms with Crippen molar-refractivity contribution in [2.24, 2.45) is 5.73 Å². The molecule has 0 radical (unpaired) electrons. The fourth-order valence-electron chi connectivity index (χ4n) is 3.27. The van der Waals surface area contributed by atoms with E-state index in [1.54, 1.807) is 6.07 Å². The number of rotatable bonds is 6. The summed E-state index contributed by atoms with van der Waals surface area (Å²) >= 11 is 0. The summed E-state index contributed by atoms with van der Waals surface area (Å²) in [6.07, 6.45) is 6.54. The number of nitrogens with two attached hydrogens (primary N) is 1. The van der Waals surface area contributed by atoms with Crippen LogP contribution in [0.5, 0.6) is 5.75 Å². The number of nitrogens with one attached hydrogen (secondary N) is 1. The third kappa shape index (κ3) is 4.02. The second-order valence-electron chi connectivity index (χ2n) is 6.20. The van der Waals surface area contributed by atoms with Gasteiger partial charge >= 0.3 is 0 Å². The van der Waals surface area contributed by atoms with Crippen LogP contribution in [0.25, 0.3) is 10.8 Å². The van der Waals surface area contributed by atoms with Gasteiger partial charge in [-0.05, 0) is 30.4 Å². The monoisotopic (exact) mass is 312 g/mol. The Hall–Kier alpha value is -2.07. The summed E-state index contributed by atoms with van der Waals surface area (Å²) in [7, 11) is 0. The molecular formula is C19H24N2O2. The summed E-state index contributed by atoms with van der Waals surface area (Å²) < 4.78 is 5.93. The van der Waals surface area contributed by atoms with Gasteiger partial charge in [-0.3, -0.25) is 4.79 Å². The first-order chi connectivity index (χ1) is 11.2. The smallest absolute Gasteiger partial charge is 0.248 e. The second kappa shape index (κ2) is 7.47. The third-order valence-corrected chi connectivity index (χ3v) is 4.51. The molecule has 4 heteroatoms. The average Bonchev–Trinajstić information content (AvgIpc) is 2.59. The van der Waals surface area contributed by atoms with E-state index in [1.165, 1.54) is 32.1 Å². The van der Waals surface area contributed by atoms with Gasteiger partial charge in [0.15, 0.2) is 0 Å². The molecule has 1 saturated carbocycles. The Morgan fingerprint density at radius 1 is 1.17 bits per heavy atom. The van der Waals surface area contributed by atoms with Gasteiger partial charge in [-0.1, -0.05) is 43.5 Å². The van der Waals surface area contributed by atoms with Crippen LogP contribution in [-0.2, 0) is 0 Å². The molecule has 1 amide bonds. The lowest BCUT2D eigenvalue weighted by Gasteiger charge is -2.23. The van der Waals surface area contributed by atoms with Crippen molar-refractivity contribution in [3.8, 4) is 5.75 Å². The van der Waals surface area contributed by atoms with Crippen molar-refractivity contribution in [2.75, 3.05) is 13.2 Å². The number of hydrogen-bond acceptors (Lipinski definition) is 3. The summed E-state index contributed by atoms with van der Waals surface area (Å²) in [5, 5.41) is 5.54. The first-order valence-electron chi connectivity index (χ1n) is 8.43. The lowest BCUT2D eigenvalue weighted by atomic mass is 9.96. The highest BCUT2D eigenvalue weighted by atomic mass is 16.5. The zero-order chi connectivity index (χ0) is 16.1. The molecule has 23 heavy (non-hydrogen) atoms. The van der Waals surface area contributed by atoms with Crippen LogP contribution in [0.2, 0.25) is 0 Å². The molecule has 1 aliphatic rings. The number of carbonyl (C=O) groups excluding carboxylic acids is 1. The highest BCUT2D eigenvalue weighted by molar-refractivity contribution is 6.00. The fraction of sp³-hybridized carbons (Fsp3) is 0.421. The molecule has 0 atom stereocenters. The minimum absolute atomic E-state index is 0.430. The highest BCUT2D eigenvalue weighted by Gasteiger charge is 2.12. The van der Waals surface area contributed by atoms with Crippen LogP contribution in [0.4, 0.5) is 0 Å². The zero-order valence-corrected chi connectivity index (χ0v) is 13.4. The van der Waals surface area contributed by atoms with Gasteiger partial charge in [0.1, 0.15) is 12.4 Å². The Morgan fingerprint density at radius 3 is 2.74 bits per heavy atom. The third-order valence-electron chi connectivity index (χ3n) is 4.51. The van der Waals surface area contributed by atoms with E-state index in [2.05, 4.69) is 5.32 Å². The molecule has 1 aliphatic carbocycles. The molecule has 2 aromatic carbocycles. The van der Waals surface area contributed by atoms with Crippen LogP contribution in [0.1, 0.15) is 42.5 Å². The van der Waals surface area contributed by atoms with Gasteiger partial charge in [0.2, 0.25) is 5.91 Å². The van der Waals surface area contributed by atoms with E-state index >= 15 is 0 Å². The van der Waals surface area contributed by atoms with Crippen molar-refractivity contribution in [3.05, 3.63) is 42.0 Å². The van der Waals surface area contributed by atoms with Crippen LogP contribution in [0.15, 0.2) is 36.4 Å². The minimum Gasteiger partial charge on any atom is -0.492 e. The number of hydrogen-bond donors (Lipinski definition) is 2. The maximum atomic E-state index is 11.5. The lowest BCUT2D eigenvalue weighted by molar-refractivity contribution is 0.1000. The molecular weight excluding hydrogens is 288 g/mol. The molecule has 0 aliphatic heterocycles. The number of fused-ring (bicyclic) bond motifs is 1. The van der Waals surface area contributed by atoms with Gasteiger partial charge in [0.05, 0.1) is 0 Å². The Kier molecular flexibility index (Phi) is 5.13. The number of benzene rings is 2. The molecule has 0 spiro atoms. The summed E-state index contributed by atoms with van der Waals surface area (Å²) in [5.41, 5.74) is 5.90. The van der Waals surface area contributed by atoms with Crippen LogP contribution in [-0.4, -0.2) is 25.1 Å². The van der Waals surface area contributed by atoms with Gasteiger partial charge < -0.3 is 15.8 Å². The van der Waals surface area contributed by atoms with Gasteiger partial charge in [0.25, 0.3) is 0 Å². The van der Waals surface area contributed by atoms with Crippen molar-refractivity contribution in [3.63, 3.8) is 0 Å². The Balaban J connectivity index is 1.65. The number of ether oxygens (including phenoxy) is 1. The molecule has 0 aromatic heterocycles. The Morgan fingerprint density at radius 2 is 1.96 bits per heavy atom. The first kappa shape index (κ1) is 15.8. The highest BCUT2D eigenvalue weighted by Crippen LogP contribution is 2.27. The van der Waals surface area contributed by atoms with E-state index < -0.39 is 5.91 Å². The molecule has 0 unspecified atom stereocenters. The van der Waals surface area contributed by atoms with Crippen molar-refractivity contribution < 1.29 is 9.53 Å². The van der Waals surface area contributed by atoms with Crippen LogP contribution < -0.4 is 15.8 Å². The van der Waals surface area contributed by atoms with Gasteiger partial charge in [-0.2, -0.15) is 0 Å². The first-order valence-corrected chi connectivity index (χ1v) is 8.43. The predicted octanol–water partition coefficient (Wildman–Crippen LogP) is 3.24. The van der Waals surface area contributed by atoms with Crippen LogP contribution >= 0.6 is 0 Å². The SMILES string of the molecule is NC(=O)c1cc(OCCNC2CCCCC2)c2ccccc2c1. The molecule has 122 valence electrons. The maximum Gasteiger partial charge on any atom is 0.248 e. The van der Waals surface area contributed by atoms with E-state index in [4.69, 9.17) is 10.5 Å². The number of carbonyl (C=O) groups is 1. The lowest BCUT2D eigenvalue weighted by Crippen LogP contribution is -2.34. The normalized spacial score (nSPS) is 15.7. The van der Waals surface area contributed by atoms with E-state index in [0.29, 0.717) is 18.2 Å². The molecule has 2 aromatic rings. The summed E-state index contributed by atoms with van der Waals surface area (Å²) in [6, 6.07) is 12.1. The Bertz CT molecular complexity index is 678. The molecule has 0 heterocycles. The standard InChI is InChI=1S/C19H24N2O2/c20-19(22)15-12-14-6-4-5-9-17(14)18(13-15)23-11-10-21-16-7-2-1-3-8-16/h4-6,9,12-13,16,21H,1-3,7-8,10-11H2,(H2,20,22). The maximum absolute atomic E-state index is 11.5. The van der Waals surface area contributed by atoms with E-state index in [0.717, 1.165) is 23.1 Å². The van der Waals surface area contributed by atoms with Crippen molar-refractivity contribution in [1.82, 2.24) is 5.32 Å². The van der Waals surface area contributed by atoms with E-state index in [1.807, 2.05) is 30.3 Å². The molecule has 1 fully saturated rings. The van der Waals surface area contributed by atoms with Crippen LogP contribution in [0.3, 0.4) is 0 Å². The molecule has 4 nitrogen and oxygen atoms in total.